The number of anilines is 2. The average Bonchev–Trinajstić information content (AvgIpc) is 2.34. The van der Waals surface area contributed by atoms with E-state index in [1.54, 1.807) is 0 Å². The zero-order chi connectivity index (χ0) is 13.1. The van der Waals surface area contributed by atoms with E-state index in [1.165, 1.54) is 22.9 Å². The summed E-state index contributed by atoms with van der Waals surface area (Å²) in [5.74, 6) is 0. The molecule has 2 aromatic rings. The van der Waals surface area contributed by atoms with Crippen molar-refractivity contribution in [1.82, 2.24) is 0 Å². The Labute approximate surface area is 108 Å². The minimum absolute atomic E-state index is 0.900. The van der Waals surface area contributed by atoms with E-state index in [1.807, 2.05) is 24.3 Å². The second kappa shape index (κ2) is 5.05. The molecule has 18 heavy (non-hydrogen) atoms. The number of rotatable bonds is 3. The summed E-state index contributed by atoms with van der Waals surface area (Å²) in [5, 5.41) is 10.9. The van der Waals surface area contributed by atoms with Gasteiger partial charge in [-0.15, -0.1) is 0 Å². The largest absolute Gasteiger partial charge is 0.355 e. The molecule has 2 rings (SSSR count). The summed E-state index contributed by atoms with van der Waals surface area (Å²) in [6.07, 6.45) is 1.38. The molecule has 0 saturated heterocycles. The third-order valence-electron chi connectivity index (χ3n) is 3.05. The minimum atomic E-state index is 0.900. The highest BCUT2D eigenvalue weighted by Gasteiger charge is 2.06. The maximum absolute atomic E-state index is 7.43. The third kappa shape index (κ3) is 2.43. The highest BCUT2D eigenvalue weighted by Crippen LogP contribution is 2.27. The van der Waals surface area contributed by atoms with E-state index in [0.29, 0.717) is 0 Å². The Hall–Kier alpha value is -2.09. The van der Waals surface area contributed by atoms with Crippen LogP contribution in [0.5, 0.6) is 0 Å². The summed E-state index contributed by atoms with van der Waals surface area (Å²) in [4.78, 5) is 0. The van der Waals surface area contributed by atoms with Crippen LogP contribution in [0.2, 0.25) is 0 Å². The maximum Gasteiger partial charge on any atom is 0.0473 e. The summed E-state index contributed by atoms with van der Waals surface area (Å²) in [6, 6.07) is 12.2. The van der Waals surface area contributed by atoms with E-state index < -0.39 is 0 Å². The maximum atomic E-state index is 7.43. The van der Waals surface area contributed by atoms with Crippen molar-refractivity contribution in [3.63, 3.8) is 0 Å². The van der Waals surface area contributed by atoms with Crippen LogP contribution in [-0.2, 0) is 0 Å². The monoisotopic (exact) mass is 238 g/mol. The summed E-state index contributed by atoms with van der Waals surface area (Å²) in [7, 11) is 0. The number of benzene rings is 2. The molecule has 2 heteroatoms. The van der Waals surface area contributed by atoms with Crippen LogP contribution in [0.1, 0.15) is 22.3 Å². The van der Waals surface area contributed by atoms with Gasteiger partial charge in [0.25, 0.3) is 0 Å². The Kier molecular flexibility index (Phi) is 3.47. The number of nitrogens with one attached hydrogen (secondary N) is 2. The molecule has 92 valence electrons. The molecule has 0 spiro atoms. The molecule has 0 saturated carbocycles. The second-order valence-corrected chi connectivity index (χ2v) is 4.63. The smallest absolute Gasteiger partial charge is 0.0473 e. The first kappa shape index (κ1) is 12.4. The van der Waals surface area contributed by atoms with Gasteiger partial charge in [-0.2, -0.15) is 0 Å². The summed E-state index contributed by atoms with van der Waals surface area (Å²) < 4.78 is 0. The average molecular weight is 238 g/mol. The van der Waals surface area contributed by atoms with Gasteiger partial charge >= 0.3 is 0 Å². The molecule has 2 aromatic carbocycles. The van der Waals surface area contributed by atoms with Crippen LogP contribution >= 0.6 is 0 Å². The van der Waals surface area contributed by atoms with Crippen LogP contribution in [0.4, 0.5) is 11.4 Å². The number of aryl methyl sites for hydroxylation is 3. The van der Waals surface area contributed by atoms with Gasteiger partial charge in [-0.05, 0) is 38.0 Å². The van der Waals surface area contributed by atoms with E-state index >= 15 is 0 Å². The van der Waals surface area contributed by atoms with E-state index in [-0.39, 0.29) is 0 Å². The molecule has 0 aliphatic rings. The van der Waals surface area contributed by atoms with Crippen LogP contribution in [0.3, 0.4) is 0 Å². The van der Waals surface area contributed by atoms with Gasteiger partial charge in [0.15, 0.2) is 0 Å². The van der Waals surface area contributed by atoms with Gasteiger partial charge in [0.2, 0.25) is 0 Å². The second-order valence-electron chi connectivity index (χ2n) is 4.63. The number of hydrogen-bond acceptors (Lipinski definition) is 2. The minimum Gasteiger partial charge on any atom is -0.355 e. The lowest BCUT2D eigenvalue weighted by molar-refractivity contribution is 1.31. The fourth-order valence-electron chi connectivity index (χ4n) is 2.25. The molecular formula is C16H18N2. The molecule has 0 fully saturated rings. The van der Waals surface area contributed by atoms with Gasteiger partial charge < -0.3 is 10.7 Å². The number of hydrogen-bond donors (Lipinski definition) is 2. The zero-order valence-electron chi connectivity index (χ0n) is 11.0. The fourth-order valence-corrected chi connectivity index (χ4v) is 2.25. The molecule has 0 aliphatic heterocycles. The van der Waals surface area contributed by atoms with Gasteiger partial charge in [-0.25, -0.2) is 0 Å². The number of para-hydroxylation sites is 1. The first-order chi connectivity index (χ1) is 8.61. The van der Waals surface area contributed by atoms with Crippen molar-refractivity contribution in [2.24, 2.45) is 0 Å². The molecule has 0 heterocycles. The molecule has 0 aliphatic carbocycles. The van der Waals surface area contributed by atoms with Gasteiger partial charge in [0.05, 0.1) is 0 Å². The standard InChI is InChI=1S/C16H18N2/c1-11-8-12(2)16(13(3)9-11)18-15-7-5-4-6-14(15)10-17/h4-10,17-18H,1-3H3. The molecule has 0 aromatic heterocycles. The van der Waals surface area contributed by atoms with Crippen molar-refractivity contribution >= 4 is 17.6 Å². The highest BCUT2D eigenvalue weighted by atomic mass is 14.9. The Morgan fingerprint density at radius 2 is 1.61 bits per heavy atom. The van der Waals surface area contributed by atoms with E-state index in [2.05, 4.69) is 38.2 Å². The van der Waals surface area contributed by atoms with Crippen molar-refractivity contribution < 1.29 is 0 Å². The van der Waals surface area contributed by atoms with Gasteiger partial charge in [0.1, 0.15) is 0 Å². The first-order valence-electron chi connectivity index (χ1n) is 6.06. The zero-order valence-corrected chi connectivity index (χ0v) is 11.0. The Morgan fingerprint density at radius 3 is 2.22 bits per heavy atom. The van der Waals surface area contributed by atoms with Crippen molar-refractivity contribution in [1.29, 1.82) is 5.41 Å². The molecule has 0 bridgehead atoms. The lowest BCUT2D eigenvalue weighted by atomic mass is 10.0. The summed E-state index contributed by atoms with van der Waals surface area (Å²) in [5.41, 5.74) is 6.74. The van der Waals surface area contributed by atoms with Crippen molar-refractivity contribution in [3.8, 4) is 0 Å². The van der Waals surface area contributed by atoms with Gasteiger partial charge in [0, 0.05) is 23.2 Å². The fraction of sp³-hybridized carbons (Fsp3) is 0.188. The molecule has 0 amide bonds. The van der Waals surface area contributed by atoms with Crippen LogP contribution in [0.15, 0.2) is 36.4 Å². The van der Waals surface area contributed by atoms with Gasteiger partial charge in [-0.3, -0.25) is 0 Å². The van der Waals surface area contributed by atoms with Crippen molar-refractivity contribution in [2.45, 2.75) is 20.8 Å². The van der Waals surface area contributed by atoms with Crippen LogP contribution < -0.4 is 5.32 Å². The van der Waals surface area contributed by atoms with Gasteiger partial charge in [-0.1, -0.05) is 35.9 Å². The predicted octanol–water partition coefficient (Wildman–Crippen LogP) is 4.35. The summed E-state index contributed by atoms with van der Waals surface area (Å²) >= 11 is 0. The SMILES string of the molecule is Cc1cc(C)c(Nc2ccccc2C=N)c(C)c1. The quantitative estimate of drug-likeness (QED) is 0.766. The lowest BCUT2D eigenvalue weighted by Gasteiger charge is -2.15. The topological polar surface area (TPSA) is 35.9 Å². The lowest BCUT2D eigenvalue weighted by Crippen LogP contribution is -1.99. The van der Waals surface area contributed by atoms with E-state index in [4.69, 9.17) is 5.41 Å². The third-order valence-corrected chi connectivity index (χ3v) is 3.05. The molecule has 0 atom stereocenters. The molecular weight excluding hydrogens is 220 g/mol. The normalized spacial score (nSPS) is 10.2. The van der Waals surface area contributed by atoms with Crippen molar-refractivity contribution in [3.05, 3.63) is 58.7 Å². The Balaban J connectivity index is 2.43. The van der Waals surface area contributed by atoms with Crippen molar-refractivity contribution in [2.75, 3.05) is 5.32 Å². The van der Waals surface area contributed by atoms with Crippen LogP contribution in [0, 0.1) is 26.2 Å². The molecule has 2 nitrogen and oxygen atoms in total. The molecule has 0 radical (unpaired) electrons. The first-order valence-corrected chi connectivity index (χ1v) is 6.06. The molecule has 0 unspecified atom stereocenters. The summed E-state index contributed by atoms with van der Waals surface area (Å²) in [6.45, 7) is 6.32. The molecule has 2 N–H and O–H groups in total. The highest BCUT2D eigenvalue weighted by molar-refractivity contribution is 5.87. The van der Waals surface area contributed by atoms with Crippen LogP contribution in [-0.4, -0.2) is 6.21 Å². The predicted molar refractivity (Wildman–Crippen MR) is 78.3 cm³/mol. The Morgan fingerprint density at radius 1 is 1.00 bits per heavy atom. The van der Waals surface area contributed by atoms with E-state index in [9.17, 15) is 0 Å². The van der Waals surface area contributed by atoms with E-state index in [0.717, 1.165) is 16.9 Å². The Bertz CT molecular complexity index is 562. The van der Waals surface area contributed by atoms with Crippen LogP contribution in [0.25, 0.3) is 0 Å².